The largest absolute Gasteiger partial charge is 0.495 e. The summed E-state index contributed by atoms with van der Waals surface area (Å²) in [5.41, 5.74) is 0.755. The molecule has 1 fully saturated rings. The second kappa shape index (κ2) is 3.24. The Bertz CT molecular complexity index is 310. The van der Waals surface area contributed by atoms with Gasteiger partial charge in [-0.25, -0.2) is 4.39 Å². The summed E-state index contributed by atoms with van der Waals surface area (Å²) in [5, 5.41) is 3.21. The van der Waals surface area contributed by atoms with Crippen LogP contribution in [0.1, 0.15) is 12.8 Å². The third-order valence-electron chi connectivity index (χ3n) is 2.10. The van der Waals surface area contributed by atoms with Crippen LogP contribution in [-0.4, -0.2) is 13.2 Å². The summed E-state index contributed by atoms with van der Waals surface area (Å²) in [6, 6.07) is 5.02. The monoisotopic (exact) mass is 181 g/mol. The lowest BCUT2D eigenvalue weighted by molar-refractivity contribution is 0.415. The summed E-state index contributed by atoms with van der Waals surface area (Å²) < 4.78 is 18.0. The zero-order chi connectivity index (χ0) is 9.26. The SMILES string of the molecule is COc1ccc(F)cc1NC1CC1. The van der Waals surface area contributed by atoms with Crippen LogP contribution < -0.4 is 10.1 Å². The van der Waals surface area contributed by atoms with Crippen LogP contribution in [0.4, 0.5) is 10.1 Å². The van der Waals surface area contributed by atoms with Crippen LogP contribution in [0, 0.1) is 5.82 Å². The van der Waals surface area contributed by atoms with E-state index in [4.69, 9.17) is 4.74 Å². The highest BCUT2D eigenvalue weighted by atomic mass is 19.1. The molecule has 2 nitrogen and oxygen atoms in total. The van der Waals surface area contributed by atoms with Crippen LogP contribution in [0.15, 0.2) is 18.2 Å². The molecule has 0 spiro atoms. The van der Waals surface area contributed by atoms with Gasteiger partial charge >= 0.3 is 0 Å². The van der Waals surface area contributed by atoms with Crippen molar-refractivity contribution in [2.24, 2.45) is 0 Å². The molecule has 0 atom stereocenters. The predicted octanol–water partition coefficient (Wildman–Crippen LogP) is 2.41. The number of methoxy groups -OCH3 is 1. The van der Waals surface area contributed by atoms with E-state index in [0.717, 1.165) is 5.69 Å². The van der Waals surface area contributed by atoms with Crippen molar-refractivity contribution in [1.29, 1.82) is 0 Å². The molecule has 0 saturated heterocycles. The van der Waals surface area contributed by atoms with Gasteiger partial charge in [0, 0.05) is 12.1 Å². The van der Waals surface area contributed by atoms with Crippen LogP contribution >= 0.6 is 0 Å². The zero-order valence-electron chi connectivity index (χ0n) is 7.51. The van der Waals surface area contributed by atoms with Crippen LogP contribution in [-0.2, 0) is 0 Å². The van der Waals surface area contributed by atoms with Gasteiger partial charge in [-0.3, -0.25) is 0 Å². The number of rotatable bonds is 3. The highest BCUT2D eigenvalue weighted by Gasteiger charge is 2.22. The van der Waals surface area contributed by atoms with Crippen LogP contribution in [0.25, 0.3) is 0 Å². The third kappa shape index (κ3) is 1.91. The quantitative estimate of drug-likeness (QED) is 0.773. The van der Waals surface area contributed by atoms with Crippen LogP contribution in [0.5, 0.6) is 5.75 Å². The molecule has 70 valence electrons. The second-order valence-electron chi connectivity index (χ2n) is 3.26. The Kier molecular flexibility index (Phi) is 2.08. The van der Waals surface area contributed by atoms with Gasteiger partial charge in [0.25, 0.3) is 0 Å². The molecule has 0 radical (unpaired) electrons. The number of hydrogen-bond donors (Lipinski definition) is 1. The van der Waals surface area contributed by atoms with Gasteiger partial charge in [-0.15, -0.1) is 0 Å². The van der Waals surface area contributed by atoms with Gasteiger partial charge in [0.1, 0.15) is 11.6 Å². The topological polar surface area (TPSA) is 21.3 Å². The van der Waals surface area contributed by atoms with E-state index in [-0.39, 0.29) is 5.82 Å². The van der Waals surface area contributed by atoms with Gasteiger partial charge in [-0.1, -0.05) is 0 Å². The Labute approximate surface area is 76.7 Å². The van der Waals surface area contributed by atoms with Crippen molar-refractivity contribution in [3.63, 3.8) is 0 Å². The van der Waals surface area contributed by atoms with E-state index in [1.807, 2.05) is 0 Å². The first-order chi connectivity index (χ1) is 6.29. The summed E-state index contributed by atoms with van der Waals surface area (Å²) in [6.45, 7) is 0. The Morgan fingerprint density at radius 2 is 2.23 bits per heavy atom. The lowest BCUT2D eigenvalue weighted by Gasteiger charge is -2.09. The fourth-order valence-corrected chi connectivity index (χ4v) is 1.24. The maximum Gasteiger partial charge on any atom is 0.142 e. The number of halogens is 1. The van der Waals surface area contributed by atoms with Crippen molar-refractivity contribution in [3.8, 4) is 5.75 Å². The molecule has 0 heterocycles. The average Bonchev–Trinajstić information content (AvgIpc) is 2.89. The van der Waals surface area contributed by atoms with Gasteiger partial charge in [-0.2, -0.15) is 0 Å². The average molecular weight is 181 g/mol. The van der Waals surface area contributed by atoms with Crippen molar-refractivity contribution >= 4 is 5.69 Å². The molecule has 1 aliphatic carbocycles. The molecule has 0 aromatic heterocycles. The fraction of sp³-hybridized carbons (Fsp3) is 0.400. The maximum absolute atomic E-state index is 12.9. The molecule has 3 heteroatoms. The Morgan fingerprint density at radius 1 is 1.46 bits per heavy atom. The van der Waals surface area contributed by atoms with Crippen molar-refractivity contribution in [2.75, 3.05) is 12.4 Å². The van der Waals surface area contributed by atoms with E-state index in [2.05, 4.69) is 5.32 Å². The van der Waals surface area contributed by atoms with Crippen molar-refractivity contribution in [3.05, 3.63) is 24.0 Å². The molecule has 0 aliphatic heterocycles. The van der Waals surface area contributed by atoms with E-state index < -0.39 is 0 Å². The second-order valence-corrected chi connectivity index (χ2v) is 3.26. The Morgan fingerprint density at radius 3 is 2.85 bits per heavy atom. The van der Waals surface area contributed by atoms with Gasteiger partial charge < -0.3 is 10.1 Å². The molecule has 1 N–H and O–H groups in total. The van der Waals surface area contributed by atoms with Crippen LogP contribution in [0.3, 0.4) is 0 Å². The highest BCUT2D eigenvalue weighted by molar-refractivity contribution is 5.57. The smallest absolute Gasteiger partial charge is 0.142 e. The maximum atomic E-state index is 12.9. The summed E-state index contributed by atoms with van der Waals surface area (Å²) in [5.74, 6) is 0.470. The van der Waals surface area contributed by atoms with E-state index in [1.165, 1.54) is 25.0 Å². The Balaban J connectivity index is 2.22. The van der Waals surface area contributed by atoms with Crippen molar-refractivity contribution in [2.45, 2.75) is 18.9 Å². The number of benzene rings is 1. The molecule has 1 aromatic rings. The molecule has 0 amide bonds. The van der Waals surface area contributed by atoms with Crippen molar-refractivity contribution < 1.29 is 9.13 Å². The molecule has 1 aliphatic rings. The summed E-state index contributed by atoms with van der Waals surface area (Å²) in [7, 11) is 1.59. The minimum absolute atomic E-state index is 0.232. The zero-order valence-corrected chi connectivity index (χ0v) is 7.51. The first kappa shape index (κ1) is 8.35. The normalized spacial score (nSPS) is 15.5. The van der Waals surface area contributed by atoms with Crippen molar-refractivity contribution in [1.82, 2.24) is 0 Å². The standard InChI is InChI=1S/C10H12FNO/c1-13-10-5-2-7(11)6-9(10)12-8-3-4-8/h2,5-6,8,12H,3-4H2,1H3. The first-order valence-corrected chi connectivity index (χ1v) is 4.39. The summed E-state index contributed by atoms with van der Waals surface area (Å²) in [4.78, 5) is 0. The number of hydrogen-bond acceptors (Lipinski definition) is 2. The molecule has 1 aromatic carbocycles. The summed E-state index contributed by atoms with van der Waals surface area (Å²) >= 11 is 0. The van der Waals surface area contributed by atoms with Crippen LogP contribution in [0.2, 0.25) is 0 Å². The predicted molar refractivity (Wildman–Crippen MR) is 49.6 cm³/mol. The number of ether oxygens (including phenoxy) is 1. The minimum Gasteiger partial charge on any atom is -0.495 e. The fourth-order valence-electron chi connectivity index (χ4n) is 1.24. The van der Waals surface area contributed by atoms with E-state index in [9.17, 15) is 4.39 Å². The first-order valence-electron chi connectivity index (χ1n) is 4.39. The molecule has 0 bridgehead atoms. The molecule has 0 unspecified atom stereocenters. The molecule has 2 rings (SSSR count). The number of nitrogens with one attached hydrogen (secondary N) is 1. The highest BCUT2D eigenvalue weighted by Crippen LogP contribution is 2.31. The van der Waals surface area contributed by atoms with Gasteiger partial charge in [0.2, 0.25) is 0 Å². The molecular formula is C10H12FNO. The van der Waals surface area contributed by atoms with E-state index in [1.54, 1.807) is 13.2 Å². The molecule has 1 saturated carbocycles. The lowest BCUT2D eigenvalue weighted by Crippen LogP contribution is -2.03. The van der Waals surface area contributed by atoms with E-state index >= 15 is 0 Å². The van der Waals surface area contributed by atoms with Gasteiger partial charge in [0.15, 0.2) is 0 Å². The molecular weight excluding hydrogens is 169 g/mol. The Hall–Kier alpha value is -1.25. The minimum atomic E-state index is -0.232. The third-order valence-corrected chi connectivity index (χ3v) is 2.10. The van der Waals surface area contributed by atoms with Gasteiger partial charge in [-0.05, 0) is 25.0 Å². The van der Waals surface area contributed by atoms with E-state index in [0.29, 0.717) is 11.8 Å². The lowest BCUT2D eigenvalue weighted by atomic mass is 10.3. The summed E-state index contributed by atoms with van der Waals surface area (Å²) in [6.07, 6.45) is 2.33. The van der Waals surface area contributed by atoms with Gasteiger partial charge in [0.05, 0.1) is 12.8 Å². The number of anilines is 1. The molecule has 13 heavy (non-hydrogen) atoms.